The lowest BCUT2D eigenvalue weighted by molar-refractivity contribution is -0.139. The lowest BCUT2D eigenvalue weighted by Gasteiger charge is -2.16. The van der Waals surface area contributed by atoms with E-state index in [2.05, 4.69) is 22.2 Å². The van der Waals surface area contributed by atoms with E-state index in [0.717, 1.165) is 29.7 Å². The van der Waals surface area contributed by atoms with Crippen molar-refractivity contribution in [2.75, 3.05) is 18.2 Å². The van der Waals surface area contributed by atoms with Crippen LogP contribution in [0.1, 0.15) is 28.8 Å². The van der Waals surface area contributed by atoms with Gasteiger partial charge >= 0.3 is 6.18 Å². The zero-order valence-corrected chi connectivity index (χ0v) is 22.4. The monoisotopic (exact) mass is 574 g/mol. The Morgan fingerprint density at radius 1 is 1.21 bits per heavy atom. The third kappa shape index (κ3) is 5.49. The lowest BCUT2D eigenvalue weighted by atomic mass is 9.96. The zero-order chi connectivity index (χ0) is 30.2. The van der Waals surface area contributed by atoms with Crippen molar-refractivity contribution in [2.24, 2.45) is 0 Å². The molecule has 1 aliphatic rings. The van der Waals surface area contributed by atoms with Gasteiger partial charge in [0.15, 0.2) is 0 Å². The van der Waals surface area contributed by atoms with E-state index in [9.17, 15) is 28.0 Å². The van der Waals surface area contributed by atoms with E-state index in [-0.39, 0.29) is 56.8 Å². The summed E-state index contributed by atoms with van der Waals surface area (Å²) in [7, 11) is 1.39. The number of carbonyl (C=O) groups excluding carboxylic acids is 2. The number of methoxy groups -OCH3 is 1. The third-order valence-corrected chi connectivity index (χ3v) is 6.82. The number of nitrogens with zero attached hydrogens (tertiary/aromatic N) is 3. The average molecular weight is 575 g/mol. The Morgan fingerprint density at radius 3 is 2.50 bits per heavy atom. The molecule has 0 saturated heterocycles. The molecule has 5 rings (SSSR count). The van der Waals surface area contributed by atoms with Crippen molar-refractivity contribution in [3.05, 3.63) is 72.4 Å². The van der Waals surface area contributed by atoms with Crippen LogP contribution in [0.25, 0.3) is 33.3 Å². The van der Waals surface area contributed by atoms with Gasteiger partial charge < -0.3 is 25.7 Å². The Labute approximate surface area is 238 Å². The van der Waals surface area contributed by atoms with Gasteiger partial charge in [-0.25, -0.2) is 4.98 Å². The SMILES string of the molecule is C=CC(=O)Nc1ccc(-c2c(-c3ccc(C(=O)NC4CC4)c(OC)c3)c3c(N)ncc(C#N)c3n2CC(F)(F)F)cc1. The molecule has 4 N–H and O–H groups in total. The first-order valence-corrected chi connectivity index (χ1v) is 12.8. The van der Waals surface area contributed by atoms with Crippen molar-refractivity contribution >= 4 is 34.2 Å². The number of hydrogen-bond acceptors (Lipinski definition) is 6. The smallest absolute Gasteiger partial charge is 0.406 e. The molecule has 4 aromatic rings. The van der Waals surface area contributed by atoms with Gasteiger partial charge in [0, 0.05) is 23.5 Å². The average Bonchev–Trinajstić information content (AvgIpc) is 3.72. The molecule has 9 nitrogen and oxygen atoms in total. The number of pyridine rings is 1. The van der Waals surface area contributed by atoms with Gasteiger partial charge in [-0.3, -0.25) is 9.59 Å². The van der Waals surface area contributed by atoms with Crippen LogP contribution in [0.3, 0.4) is 0 Å². The molecule has 2 heterocycles. The molecule has 2 amide bonds. The number of nitrogens with one attached hydrogen (secondary N) is 2. The van der Waals surface area contributed by atoms with E-state index >= 15 is 0 Å². The number of carbonyl (C=O) groups is 2. The van der Waals surface area contributed by atoms with Crippen LogP contribution in [0.5, 0.6) is 5.75 Å². The van der Waals surface area contributed by atoms with E-state index in [1.54, 1.807) is 24.3 Å². The maximum Gasteiger partial charge on any atom is 0.406 e. The molecule has 1 fully saturated rings. The summed E-state index contributed by atoms with van der Waals surface area (Å²) < 4.78 is 48.7. The van der Waals surface area contributed by atoms with Gasteiger partial charge in [-0.05, 0) is 54.3 Å². The van der Waals surface area contributed by atoms with Crippen LogP contribution in [0.4, 0.5) is 24.7 Å². The van der Waals surface area contributed by atoms with Crippen molar-refractivity contribution in [3.8, 4) is 34.2 Å². The fourth-order valence-corrected chi connectivity index (χ4v) is 4.84. The molecule has 0 atom stereocenters. The van der Waals surface area contributed by atoms with Crippen molar-refractivity contribution in [1.29, 1.82) is 5.26 Å². The minimum absolute atomic E-state index is 0.0362. The molecule has 2 aromatic carbocycles. The van der Waals surface area contributed by atoms with Crippen LogP contribution in [0.2, 0.25) is 0 Å². The number of halogens is 3. The van der Waals surface area contributed by atoms with E-state index < -0.39 is 18.6 Å². The number of nitrogens with two attached hydrogens (primary N) is 1. The summed E-state index contributed by atoms with van der Waals surface area (Å²) in [6, 6.07) is 12.9. The number of benzene rings is 2. The quantitative estimate of drug-likeness (QED) is 0.241. The van der Waals surface area contributed by atoms with Gasteiger partial charge in [-0.1, -0.05) is 24.8 Å². The van der Waals surface area contributed by atoms with Gasteiger partial charge in [-0.15, -0.1) is 0 Å². The number of hydrogen-bond donors (Lipinski definition) is 3. The second-order valence-electron chi connectivity index (χ2n) is 9.75. The molecule has 2 aromatic heterocycles. The van der Waals surface area contributed by atoms with Crippen molar-refractivity contribution < 1.29 is 27.5 Å². The molecule has 42 heavy (non-hydrogen) atoms. The van der Waals surface area contributed by atoms with E-state index in [1.807, 2.05) is 6.07 Å². The largest absolute Gasteiger partial charge is 0.496 e. The van der Waals surface area contributed by atoms with Crippen LogP contribution >= 0.6 is 0 Å². The lowest BCUT2D eigenvalue weighted by Crippen LogP contribution is -2.25. The number of nitrogen functional groups attached to an aromatic ring is 1. The number of nitriles is 1. The molecular formula is C30H25F3N6O3. The second kappa shape index (κ2) is 10.9. The van der Waals surface area contributed by atoms with Crippen molar-refractivity contribution in [2.45, 2.75) is 31.6 Å². The standard InChI is InChI=1S/C30H25F3N6O3/c1-3-23(40)37-19-7-4-16(5-8-19)26-24(17-6-11-21(22(12-17)42-2)29(41)38-20-9-10-20)25-27(39(26)15-30(31,32)33)18(13-34)14-36-28(25)35/h3-8,11-12,14,20H,1,9-10,15H2,2H3,(H2,35,36)(H,37,40)(H,38,41). The van der Waals surface area contributed by atoms with Crippen molar-refractivity contribution in [1.82, 2.24) is 14.9 Å². The van der Waals surface area contributed by atoms with Gasteiger partial charge in [0.1, 0.15) is 24.2 Å². The molecule has 1 saturated carbocycles. The molecule has 0 spiro atoms. The molecule has 0 radical (unpaired) electrons. The Bertz CT molecular complexity index is 1770. The Hall–Kier alpha value is -5.31. The van der Waals surface area contributed by atoms with Crippen LogP contribution < -0.4 is 21.1 Å². The molecule has 0 unspecified atom stereocenters. The van der Waals surface area contributed by atoms with Crippen LogP contribution in [-0.2, 0) is 11.3 Å². The topological polar surface area (TPSA) is 135 Å². The first kappa shape index (κ1) is 28.2. The van der Waals surface area contributed by atoms with Crippen LogP contribution in [0, 0.1) is 11.3 Å². The van der Waals surface area contributed by atoms with E-state index in [4.69, 9.17) is 10.5 Å². The highest BCUT2D eigenvalue weighted by Gasteiger charge is 2.34. The summed E-state index contributed by atoms with van der Waals surface area (Å²) in [5.74, 6) is -0.653. The Kier molecular flexibility index (Phi) is 7.34. The summed E-state index contributed by atoms with van der Waals surface area (Å²) in [6.07, 6.45) is -0.662. The zero-order valence-electron chi connectivity index (χ0n) is 22.4. The number of fused-ring (bicyclic) bond motifs is 1. The number of anilines is 2. The molecule has 0 bridgehead atoms. The number of amides is 2. The number of aromatic nitrogens is 2. The maximum atomic E-state index is 14.1. The van der Waals surface area contributed by atoms with Crippen LogP contribution in [0.15, 0.2) is 61.3 Å². The summed E-state index contributed by atoms with van der Waals surface area (Å²) in [4.78, 5) is 28.7. The predicted molar refractivity (Wildman–Crippen MR) is 152 cm³/mol. The van der Waals surface area contributed by atoms with Crippen molar-refractivity contribution in [3.63, 3.8) is 0 Å². The highest BCUT2D eigenvalue weighted by atomic mass is 19.4. The Balaban J connectivity index is 1.80. The minimum Gasteiger partial charge on any atom is -0.496 e. The normalized spacial score (nSPS) is 12.9. The second-order valence-corrected chi connectivity index (χ2v) is 9.75. The number of rotatable bonds is 8. The van der Waals surface area contributed by atoms with E-state index in [0.29, 0.717) is 16.8 Å². The third-order valence-electron chi connectivity index (χ3n) is 6.82. The summed E-state index contributed by atoms with van der Waals surface area (Å²) in [5, 5.41) is 15.5. The summed E-state index contributed by atoms with van der Waals surface area (Å²) in [5.41, 5.74) is 7.92. The van der Waals surface area contributed by atoms with Gasteiger partial charge in [0.25, 0.3) is 5.91 Å². The fourth-order valence-electron chi connectivity index (χ4n) is 4.84. The van der Waals surface area contributed by atoms with Gasteiger partial charge in [0.05, 0.1) is 34.8 Å². The molecule has 0 aliphatic heterocycles. The number of alkyl halides is 3. The predicted octanol–water partition coefficient (Wildman–Crippen LogP) is 5.41. The van der Waals surface area contributed by atoms with Gasteiger partial charge in [0.2, 0.25) is 5.91 Å². The molecular weight excluding hydrogens is 549 g/mol. The Morgan fingerprint density at radius 2 is 1.90 bits per heavy atom. The highest BCUT2D eigenvalue weighted by Crippen LogP contribution is 2.46. The minimum atomic E-state index is -4.66. The first-order valence-electron chi connectivity index (χ1n) is 12.8. The summed E-state index contributed by atoms with van der Waals surface area (Å²) in [6.45, 7) is 1.98. The molecule has 12 heteroatoms. The number of ether oxygens (including phenoxy) is 1. The van der Waals surface area contributed by atoms with E-state index in [1.165, 1.54) is 25.3 Å². The highest BCUT2D eigenvalue weighted by molar-refractivity contribution is 6.11. The maximum absolute atomic E-state index is 14.1. The molecule has 1 aliphatic carbocycles. The fraction of sp³-hybridized carbons (Fsp3) is 0.200. The van der Waals surface area contributed by atoms with Gasteiger partial charge in [-0.2, -0.15) is 18.4 Å². The summed E-state index contributed by atoms with van der Waals surface area (Å²) >= 11 is 0. The van der Waals surface area contributed by atoms with Crippen LogP contribution in [-0.4, -0.2) is 40.7 Å². The molecule has 214 valence electrons. The first-order chi connectivity index (χ1) is 20.0.